The van der Waals surface area contributed by atoms with Gasteiger partial charge in [0.1, 0.15) is 11.5 Å². The molecule has 0 unspecified atom stereocenters. The van der Waals surface area contributed by atoms with Crippen LogP contribution in [0, 0.1) is 6.92 Å². The van der Waals surface area contributed by atoms with Gasteiger partial charge in [-0.3, -0.25) is 4.79 Å². The number of amides is 1. The average Bonchev–Trinajstić information content (AvgIpc) is 2.49. The minimum absolute atomic E-state index is 0.160. The van der Waals surface area contributed by atoms with Crippen molar-refractivity contribution in [3.05, 3.63) is 59.7 Å². The molecule has 0 fully saturated rings. The van der Waals surface area contributed by atoms with Crippen molar-refractivity contribution in [3.8, 4) is 5.75 Å². The molecule has 122 valence electrons. The van der Waals surface area contributed by atoms with E-state index in [9.17, 15) is 13.2 Å². The number of sulfone groups is 1. The van der Waals surface area contributed by atoms with Gasteiger partial charge in [0.25, 0.3) is 0 Å². The van der Waals surface area contributed by atoms with E-state index in [-0.39, 0.29) is 5.75 Å². The molecule has 0 aliphatic carbocycles. The van der Waals surface area contributed by atoms with Gasteiger partial charge in [0, 0.05) is 0 Å². The fourth-order valence-corrected chi connectivity index (χ4v) is 3.40. The van der Waals surface area contributed by atoms with E-state index >= 15 is 0 Å². The molecular formula is C17H19NO4S. The number of hydrogen-bond donors (Lipinski definition) is 1. The van der Waals surface area contributed by atoms with Gasteiger partial charge in [-0.15, -0.1) is 0 Å². The van der Waals surface area contributed by atoms with E-state index in [0.717, 1.165) is 5.56 Å². The Labute approximate surface area is 136 Å². The van der Waals surface area contributed by atoms with Crippen LogP contribution < -0.4 is 10.1 Å². The predicted octanol–water partition coefficient (Wildman–Crippen LogP) is 2.56. The highest BCUT2D eigenvalue weighted by atomic mass is 32.2. The van der Waals surface area contributed by atoms with Crippen molar-refractivity contribution >= 4 is 21.4 Å². The zero-order valence-corrected chi connectivity index (χ0v) is 13.9. The standard InChI is InChI=1S/C17H19NO4S/c1-13-7-9-14(10-8-13)11-23(20,21)12-17(19)18-15-5-3-4-6-16(15)22-2/h3-10H,11-12H2,1-2H3,(H,18,19). The first-order valence-electron chi connectivity index (χ1n) is 7.08. The first kappa shape index (κ1) is 17.0. The maximum atomic E-state index is 12.1. The third-order valence-electron chi connectivity index (χ3n) is 3.24. The summed E-state index contributed by atoms with van der Waals surface area (Å²) in [6.45, 7) is 1.93. The SMILES string of the molecule is COc1ccccc1NC(=O)CS(=O)(=O)Cc1ccc(C)cc1. The lowest BCUT2D eigenvalue weighted by Gasteiger charge is -2.10. The molecule has 0 radical (unpaired) electrons. The predicted molar refractivity (Wildman–Crippen MR) is 90.3 cm³/mol. The Morgan fingerprint density at radius 2 is 1.74 bits per heavy atom. The molecule has 2 aromatic rings. The Bertz CT molecular complexity index is 782. The number of aryl methyl sites for hydroxylation is 1. The second-order valence-electron chi connectivity index (χ2n) is 5.27. The van der Waals surface area contributed by atoms with Crippen LogP contribution in [0.25, 0.3) is 0 Å². The van der Waals surface area contributed by atoms with E-state index in [4.69, 9.17) is 4.74 Å². The van der Waals surface area contributed by atoms with Gasteiger partial charge in [0.15, 0.2) is 9.84 Å². The van der Waals surface area contributed by atoms with E-state index in [2.05, 4.69) is 5.32 Å². The second-order valence-corrected chi connectivity index (χ2v) is 7.33. The van der Waals surface area contributed by atoms with Gasteiger partial charge in [-0.1, -0.05) is 42.0 Å². The third-order valence-corrected chi connectivity index (χ3v) is 4.71. The highest BCUT2D eigenvalue weighted by Gasteiger charge is 2.18. The Morgan fingerprint density at radius 1 is 1.09 bits per heavy atom. The number of nitrogens with one attached hydrogen (secondary N) is 1. The topological polar surface area (TPSA) is 72.5 Å². The summed E-state index contributed by atoms with van der Waals surface area (Å²) in [5.41, 5.74) is 2.17. The zero-order valence-electron chi connectivity index (χ0n) is 13.1. The number of anilines is 1. The first-order chi connectivity index (χ1) is 10.9. The summed E-state index contributed by atoms with van der Waals surface area (Å²) in [5, 5.41) is 2.57. The van der Waals surface area contributed by atoms with Crippen molar-refractivity contribution in [1.82, 2.24) is 0 Å². The molecule has 0 aliphatic rings. The van der Waals surface area contributed by atoms with Crippen LogP contribution in [0.15, 0.2) is 48.5 Å². The molecule has 23 heavy (non-hydrogen) atoms. The van der Waals surface area contributed by atoms with E-state index in [1.54, 1.807) is 36.4 Å². The molecular weight excluding hydrogens is 314 g/mol. The van der Waals surface area contributed by atoms with Gasteiger partial charge < -0.3 is 10.1 Å². The molecule has 0 saturated carbocycles. The van der Waals surface area contributed by atoms with Crippen molar-refractivity contribution in [2.24, 2.45) is 0 Å². The molecule has 0 spiro atoms. The number of carbonyl (C=O) groups excluding carboxylic acids is 1. The van der Waals surface area contributed by atoms with Gasteiger partial charge >= 0.3 is 0 Å². The molecule has 2 rings (SSSR count). The molecule has 6 heteroatoms. The monoisotopic (exact) mass is 333 g/mol. The number of carbonyl (C=O) groups is 1. The van der Waals surface area contributed by atoms with Gasteiger partial charge in [0.05, 0.1) is 18.6 Å². The normalized spacial score (nSPS) is 11.0. The van der Waals surface area contributed by atoms with Crippen LogP contribution >= 0.6 is 0 Å². The third kappa shape index (κ3) is 5.10. The number of methoxy groups -OCH3 is 1. The summed E-state index contributed by atoms with van der Waals surface area (Å²) in [6.07, 6.45) is 0. The minimum atomic E-state index is -3.54. The smallest absolute Gasteiger partial charge is 0.239 e. The van der Waals surface area contributed by atoms with Crippen LogP contribution in [0.5, 0.6) is 5.75 Å². The quantitative estimate of drug-likeness (QED) is 0.882. The largest absolute Gasteiger partial charge is 0.495 e. The molecule has 2 aromatic carbocycles. The average molecular weight is 333 g/mol. The zero-order chi connectivity index (χ0) is 16.9. The summed E-state index contributed by atoms with van der Waals surface area (Å²) >= 11 is 0. The maximum absolute atomic E-state index is 12.1. The van der Waals surface area contributed by atoms with Crippen LogP contribution in [0.1, 0.15) is 11.1 Å². The van der Waals surface area contributed by atoms with Gasteiger partial charge in [-0.05, 0) is 24.6 Å². The molecule has 0 heterocycles. The van der Waals surface area contributed by atoms with E-state index in [1.165, 1.54) is 7.11 Å². The van der Waals surface area contributed by atoms with E-state index in [1.807, 2.05) is 19.1 Å². The Balaban J connectivity index is 2.02. The van der Waals surface area contributed by atoms with Crippen molar-refractivity contribution in [1.29, 1.82) is 0 Å². The number of ether oxygens (including phenoxy) is 1. The van der Waals surface area contributed by atoms with Crippen LogP contribution in [-0.2, 0) is 20.4 Å². The van der Waals surface area contributed by atoms with Gasteiger partial charge in [-0.2, -0.15) is 0 Å². The number of hydrogen-bond acceptors (Lipinski definition) is 4. The van der Waals surface area contributed by atoms with Gasteiger partial charge in [0.2, 0.25) is 5.91 Å². The Hall–Kier alpha value is -2.34. The van der Waals surface area contributed by atoms with Crippen LogP contribution in [-0.4, -0.2) is 27.2 Å². The number of rotatable bonds is 6. The van der Waals surface area contributed by atoms with Crippen molar-refractivity contribution in [2.45, 2.75) is 12.7 Å². The number of benzene rings is 2. The molecule has 0 atom stereocenters. The lowest BCUT2D eigenvalue weighted by atomic mass is 10.2. The summed E-state index contributed by atoms with van der Waals surface area (Å²) in [4.78, 5) is 12.0. The van der Waals surface area contributed by atoms with Crippen LogP contribution in [0.4, 0.5) is 5.69 Å². The summed E-state index contributed by atoms with van der Waals surface area (Å²) in [5.74, 6) is -0.829. The minimum Gasteiger partial charge on any atom is -0.495 e. The lowest BCUT2D eigenvalue weighted by Crippen LogP contribution is -2.24. The van der Waals surface area contributed by atoms with Crippen LogP contribution in [0.3, 0.4) is 0 Å². The van der Waals surface area contributed by atoms with Crippen LogP contribution in [0.2, 0.25) is 0 Å². The van der Waals surface area contributed by atoms with Crippen molar-refractivity contribution in [3.63, 3.8) is 0 Å². The fraction of sp³-hybridized carbons (Fsp3) is 0.235. The molecule has 1 N–H and O–H groups in total. The maximum Gasteiger partial charge on any atom is 0.239 e. The molecule has 5 nitrogen and oxygen atoms in total. The molecule has 0 bridgehead atoms. The fourth-order valence-electron chi connectivity index (χ4n) is 2.12. The number of para-hydroxylation sites is 2. The van der Waals surface area contributed by atoms with E-state index < -0.39 is 21.5 Å². The summed E-state index contributed by atoms with van der Waals surface area (Å²) in [7, 11) is -2.05. The summed E-state index contributed by atoms with van der Waals surface area (Å²) in [6, 6.07) is 14.1. The Kier molecular flexibility index (Phi) is 5.39. The lowest BCUT2D eigenvalue weighted by molar-refractivity contribution is -0.113. The second kappa shape index (κ2) is 7.28. The molecule has 0 aromatic heterocycles. The summed E-state index contributed by atoms with van der Waals surface area (Å²) < 4.78 is 29.4. The molecule has 1 amide bonds. The first-order valence-corrected chi connectivity index (χ1v) is 8.90. The molecule has 0 saturated heterocycles. The van der Waals surface area contributed by atoms with Gasteiger partial charge in [-0.25, -0.2) is 8.42 Å². The van der Waals surface area contributed by atoms with E-state index in [0.29, 0.717) is 17.0 Å². The Morgan fingerprint density at radius 3 is 2.39 bits per heavy atom. The molecule has 0 aliphatic heterocycles. The highest BCUT2D eigenvalue weighted by molar-refractivity contribution is 7.91. The highest BCUT2D eigenvalue weighted by Crippen LogP contribution is 2.23. The van der Waals surface area contributed by atoms with Crippen molar-refractivity contribution < 1.29 is 17.9 Å². The van der Waals surface area contributed by atoms with Crippen molar-refractivity contribution in [2.75, 3.05) is 18.2 Å².